The number of pyridine rings is 1. The Balaban J connectivity index is 3.06. The highest BCUT2D eigenvalue weighted by Gasteiger charge is 2.28. The van der Waals surface area contributed by atoms with E-state index in [9.17, 15) is 13.2 Å². The van der Waals surface area contributed by atoms with Crippen LogP contribution in [0.1, 0.15) is 13.8 Å². The first kappa shape index (κ1) is 15.4. The number of methoxy groups -OCH3 is 1. The molecule has 0 radical (unpaired) electrons. The van der Waals surface area contributed by atoms with Crippen LogP contribution in [0.3, 0.4) is 0 Å². The van der Waals surface area contributed by atoms with Crippen molar-refractivity contribution in [2.75, 3.05) is 7.11 Å². The lowest BCUT2D eigenvalue weighted by Gasteiger charge is -2.17. The van der Waals surface area contributed by atoms with E-state index in [1.165, 1.54) is 19.4 Å². The highest BCUT2D eigenvalue weighted by atomic mass is 32.2. The van der Waals surface area contributed by atoms with Crippen LogP contribution in [0.25, 0.3) is 0 Å². The van der Waals surface area contributed by atoms with Gasteiger partial charge in [-0.05, 0) is 5.92 Å². The maximum absolute atomic E-state index is 12.0. The first-order valence-corrected chi connectivity index (χ1v) is 7.00. The number of rotatable bonds is 6. The van der Waals surface area contributed by atoms with Gasteiger partial charge in [0.25, 0.3) is 0 Å². The molecule has 0 saturated heterocycles. The SMILES string of the molecule is COc1cncc(S(=O)(=O)NC(C(=O)O)C(C)C)c1. The van der Waals surface area contributed by atoms with Crippen molar-refractivity contribution in [3.05, 3.63) is 18.5 Å². The third kappa shape index (κ3) is 3.90. The minimum atomic E-state index is -3.96. The number of aliphatic carboxylic acids is 1. The Kier molecular flexibility index (Phi) is 4.84. The Bertz CT molecular complexity index is 556. The van der Waals surface area contributed by atoms with Crippen LogP contribution in [-0.2, 0) is 14.8 Å². The van der Waals surface area contributed by atoms with Crippen molar-refractivity contribution in [1.82, 2.24) is 9.71 Å². The summed E-state index contributed by atoms with van der Waals surface area (Å²) in [5.41, 5.74) is 0. The van der Waals surface area contributed by atoms with Crippen LogP contribution in [0.5, 0.6) is 5.75 Å². The zero-order valence-corrected chi connectivity index (χ0v) is 11.6. The molecule has 0 spiro atoms. The lowest BCUT2D eigenvalue weighted by atomic mass is 10.1. The molecule has 1 heterocycles. The molecule has 0 aliphatic carbocycles. The van der Waals surface area contributed by atoms with Gasteiger partial charge in [-0.15, -0.1) is 0 Å². The molecule has 1 aromatic heterocycles. The van der Waals surface area contributed by atoms with Crippen molar-refractivity contribution in [3.8, 4) is 5.75 Å². The van der Waals surface area contributed by atoms with Gasteiger partial charge in [-0.1, -0.05) is 13.8 Å². The third-order valence-corrected chi connectivity index (χ3v) is 3.86. The quantitative estimate of drug-likeness (QED) is 0.788. The lowest BCUT2D eigenvalue weighted by molar-refractivity contribution is -0.140. The fourth-order valence-electron chi connectivity index (χ4n) is 1.36. The molecular weight excluding hydrogens is 272 g/mol. The number of aromatic nitrogens is 1. The number of ether oxygens (including phenoxy) is 1. The summed E-state index contributed by atoms with van der Waals surface area (Å²) < 4.78 is 31.1. The first-order chi connectivity index (χ1) is 8.77. The standard InChI is InChI=1S/C11H16N2O5S/c1-7(2)10(11(14)15)13-19(16,17)9-4-8(18-3)5-12-6-9/h4-7,10,13H,1-3H3,(H,14,15). The topological polar surface area (TPSA) is 106 Å². The zero-order chi connectivity index (χ0) is 14.6. The number of nitrogens with zero attached hydrogens (tertiary/aromatic N) is 1. The summed E-state index contributed by atoms with van der Waals surface area (Å²) >= 11 is 0. The molecule has 0 saturated carbocycles. The van der Waals surface area contributed by atoms with Crippen LogP contribution >= 0.6 is 0 Å². The number of carbonyl (C=O) groups is 1. The van der Waals surface area contributed by atoms with Gasteiger partial charge in [-0.25, -0.2) is 8.42 Å². The van der Waals surface area contributed by atoms with Crippen LogP contribution in [0, 0.1) is 5.92 Å². The monoisotopic (exact) mass is 288 g/mol. The number of carboxylic acids is 1. The number of nitrogens with one attached hydrogen (secondary N) is 1. The van der Waals surface area contributed by atoms with Crippen molar-refractivity contribution in [1.29, 1.82) is 0 Å². The lowest BCUT2D eigenvalue weighted by Crippen LogP contribution is -2.44. The zero-order valence-electron chi connectivity index (χ0n) is 10.8. The normalized spacial score (nSPS) is 13.3. The minimum absolute atomic E-state index is 0.140. The van der Waals surface area contributed by atoms with Crippen LogP contribution in [-0.4, -0.2) is 37.6 Å². The van der Waals surface area contributed by atoms with E-state index in [-0.39, 0.29) is 16.6 Å². The maximum Gasteiger partial charge on any atom is 0.322 e. The predicted molar refractivity (Wildman–Crippen MR) is 67.4 cm³/mol. The summed E-state index contributed by atoms with van der Waals surface area (Å²) in [5.74, 6) is -1.33. The van der Waals surface area contributed by atoms with Gasteiger partial charge >= 0.3 is 5.97 Å². The second kappa shape index (κ2) is 5.98. The molecule has 0 aliphatic heterocycles. The van der Waals surface area contributed by atoms with Gasteiger partial charge in [0.2, 0.25) is 10.0 Å². The third-order valence-electron chi connectivity index (χ3n) is 2.45. The van der Waals surface area contributed by atoms with E-state index in [1.54, 1.807) is 13.8 Å². The van der Waals surface area contributed by atoms with Crippen LogP contribution in [0.2, 0.25) is 0 Å². The smallest absolute Gasteiger partial charge is 0.322 e. The van der Waals surface area contributed by atoms with Gasteiger partial charge in [0.05, 0.1) is 13.3 Å². The van der Waals surface area contributed by atoms with Crippen molar-refractivity contribution in [2.45, 2.75) is 24.8 Å². The van der Waals surface area contributed by atoms with E-state index in [2.05, 4.69) is 9.71 Å². The van der Waals surface area contributed by atoms with E-state index in [0.29, 0.717) is 0 Å². The molecule has 0 bridgehead atoms. The van der Waals surface area contributed by atoms with E-state index < -0.39 is 22.0 Å². The summed E-state index contributed by atoms with van der Waals surface area (Å²) in [6.07, 6.45) is 2.49. The molecule has 8 heteroatoms. The van der Waals surface area contributed by atoms with E-state index in [0.717, 1.165) is 6.20 Å². The summed E-state index contributed by atoms with van der Waals surface area (Å²) in [4.78, 5) is 14.6. The fourth-order valence-corrected chi connectivity index (χ4v) is 2.68. The van der Waals surface area contributed by atoms with Crippen molar-refractivity contribution in [3.63, 3.8) is 0 Å². The Morgan fingerprint density at radius 3 is 2.53 bits per heavy atom. The molecule has 7 nitrogen and oxygen atoms in total. The molecule has 0 amide bonds. The van der Waals surface area contributed by atoms with Crippen molar-refractivity contribution < 1.29 is 23.1 Å². The first-order valence-electron chi connectivity index (χ1n) is 5.52. The fraction of sp³-hybridized carbons (Fsp3) is 0.455. The Labute approximate surface area is 111 Å². The van der Waals surface area contributed by atoms with Gasteiger partial charge in [-0.2, -0.15) is 4.72 Å². The molecule has 1 rings (SSSR count). The van der Waals surface area contributed by atoms with Crippen LogP contribution in [0.4, 0.5) is 0 Å². The minimum Gasteiger partial charge on any atom is -0.495 e. The highest BCUT2D eigenvalue weighted by Crippen LogP contribution is 2.16. The highest BCUT2D eigenvalue weighted by molar-refractivity contribution is 7.89. The van der Waals surface area contributed by atoms with E-state index in [1.807, 2.05) is 0 Å². The Morgan fingerprint density at radius 1 is 1.42 bits per heavy atom. The Hall–Kier alpha value is -1.67. The van der Waals surface area contributed by atoms with E-state index >= 15 is 0 Å². The number of carboxylic acid groups (broad SMARTS) is 1. The molecular formula is C11H16N2O5S. The van der Waals surface area contributed by atoms with Crippen molar-refractivity contribution >= 4 is 16.0 Å². The second-order valence-corrected chi connectivity index (χ2v) is 5.96. The number of hydrogen-bond acceptors (Lipinski definition) is 5. The molecule has 1 aromatic rings. The van der Waals surface area contributed by atoms with Gasteiger partial charge in [0.1, 0.15) is 16.7 Å². The van der Waals surface area contributed by atoms with Gasteiger partial charge < -0.3 is 9.84 Å². The average Bonchev–Trinajstić information content (AvgIpc) is 2.35. The molecule has 2 N–H and O–H groups in total. The van der Waals surface area contributed by atoms with Crippen LogP contribution < -0.4 is 9.46 Å². The van der Waals surface area contributed by atoms with Crippen molar-refractivity contribution in [2.24, 2.45) is 5.92 Å². The summed E-state index contributed by atoms with van der Waals surface area (Å²) in [5, 5.41) is 8.99. The second-order valence-electron chi connectivity index (χ2n) is 4.24. The van der Waals surface area contributed by atoms with Gasteiger partial charge in [-0.3, -0.25) is 9.78 Å². The Morgan fingerprint density at radius 2 is 2.05 bits per heavy atom. The van der Waals surface area contributed by atoms with Gasteiger partial charge in [0.15, 0.2) is 0 Å². The summed E-state index contributed by atoms with van der Waals surface area (Å²) in [6, 6.07) is 0.0744. The van der Waals surface area contributed by atoms with Gasteiger partial charge in [0, 0.05) is 12.3 Å². The maximum atomic E-state index is 12.0. The van der Waals surface area contributed by atoms with Crippen LogP contribution in [0.15, 0.2) is 23.4 Å². The van der Waals surface area contributed by atoms with E-state index in [4.69, 9.17) is 9.84 Å². The largest absolute Gasteiger partial charge is 0.495 e. The molecule has 0 aromatic carbocycles. The molecule has 19 heavy (non-hydrogen) atoms. The molecule has 0 fully saturated rings. The average molecular weight is 288 g/mol. The summed E-state index contributed by atoms with van der Waals surface area (Å²) in [6.45, 7) is 3.23. The number of sulfonamides is 1. The summed E-state index contributed by atoms with van der Waals surface area (Å²) in [7, 11) is -2.57. The molecule has 106 valence electrons. The molecule has 1 atom stereocenters. The number of hydrogen-bond donors (Lipinski definition) is 2. The predicted octanol–water partition coefficient (Wildman–Crippen LogP) is 0.478. The molecule has 1 unspecified atom stereocenters. The molecule has 0 aliphatic rings.